The van der Waals surface area contributed by atoms with Gasteiger partial charge in [-0.2, -0.15) is 0 Å². The van der Waals surface area contributed by atoms with Crippen molar-refractivity contribution in [1.29, 1.82) is 0 Å². The third-order valence-electron chi connectivity index (χ3n) is 6.34. The standard InChI is InChI=1S/C16H23NO4/c1-2-8-14-11(18)3-4-12(19)17-6-5-9(15(14)17)10-7-13(20)21-16(8)10/h8-11,14-16,18H,2-7H2,1H3/t8-,9+,10+,11+,14+,15+,16-/m1/s1. The van der Waals surface area contributed by atoms with Gasteiger partial charge in [0.15, 0.2) is 0 Å². The number of hydrogen-bond donors (Lipinski definition) is 1. The van der Waals surface area contributed by atoms with Crippen molar-refractivity contribution in [3.05, 3.63) is 0 Å². The molecule has 3 saturated heterocycles. The van der Waals surface area contributed by atoms with Crippen LogP contribution in [0, 0.1) is 23.7 Å². The molecule has 116 valence electrons. The van der Waals surface area contributed by atoms with E-state index < -0.39 is 6.10 Å². The van der Waals surface area contributed by atoms with Gasteiger partial charge < -0.3 is 14.7 Å². The lowest BCUT2D eigenvalue weighted by molar-refractivity contribution is -0.151. The van der Waals surface area contributed by atoms with Crippen molar-refractivity contribution in [1.82, 2.24) is 4.90 Å². The lowest BCUT2D eigenvalue weighted by atomic mass is 9.61. The van der Waals surface area contributed by atoms with Crippen LogP contribution in [0.25, 0.3) is 0 Å². The molecule has 7 atom stereocenters. The van der Waals surface area contributed by atoms with Gasteiger partial charge in [-0.25, -0.2) is 0 Å². The summed E-state index contributed by atoms with van der Waals surface area (Å²) in [4.78, 5) is 26.1. The van der Waals surface area contributed by atoms with Crippen molar-refractivity contribution >= 4 is 11.9 Å². The number of carbonyl (C=O) groups excluding carboxylic acids is 2. The minimum atomic E-state index is -0.449. The molecule has 1 aliphatic carbocycles. The van der Waals surface area contributed by atoms with Gasteiger partial charge in [-0.1, -0.05) is 6.92 Å². The Hall–Kier alpha value is -1.10. The van der Waals surface area contributed by atoms with Crippen LogP contribution in [0.1, 0.15) is 39.0 Å². The number of ether oxygens (including phenoxy) is 1. The quantitative estimate of drug-likeness (QED) is 0.731. The Morgan fingerprint density at radius 3 is 2.86 bits per heavy atom. The van der Waals surface area contributed by atoms with Crippen LogP contribution in [-0.2, 0) is 14.3 Å². The molecule has 0 aromatic rings. The molecule has 0 radical (unpaired) electrons. The average Bonchev–Trinajstić information content (AvgIpc) is 3.02. The molecule has 4 fully saturated rings. The molecule has 21 heavy (non-hydrogen) atoms. The summed E-state index contributed by atoms with van der Waals surface area (Å²) in [6.07, 6.45) is 2.84. The molecule has 1 amide bonds. The predicted octanol–water partition coefficient (Wildman–Crippen LogP) is 0.946. The molecule has 4 aliphatic rings. The van der Waals surface area contributed by atoms with Gasteiger partial charge in [-0.05, 0) is 25.2 Å². The number of hydrogen-bond acceptors (Lipinski definition) is 4. The summed E-state index contributed by atoms with van der Waals surface area (Å²) in [6.45, 7) is 2.89. The van der Waals surface area contributed by atoms with E-state index in [1.165, 1.54) is 0 Å². The monoisotopic (exact) mass is 293 g/mol. The number of amides is 1. The van der Waals surface area contributed by atoms with E-state index in [0.29, 0.717) is 25.2 Å². The van der Waals surface area contributed by atoms with Crippen molar-refractivity contribution < 1.29 is 19.4 Å². The zero-order valence-electron chi connectivity index (χ0n) is 12.4. The first-order chi connectivity index (χ1) is 10.1. The molecule has 0 unspecified atom stereocenters. The fourth-order valence-electron chi connectivity index (χ4n) is 5.58. The Morgan fingerprint density at radius 1 is 1.29 bits per heavy atom. The second kappa shape index (κ2) is 4.70. The number of aliphatic hydroxyl groups excluding tert-OH is 1. The third kappa shape index (κ3) is 1.79. The van der Waals surface area contributed by atoms with E-state index in [0.717, 1.165) is 19.4 Å². The second-order valence-electron chi connectivity index (χ2n) is 7.11. The highest BCUT2D eigenvalue weighted by Crippen LogP contribution is 2.53. The first-order valence-electron chi connectivity index (χ1n) is 8.28. The Morgan fingerprint density at radius 2 is 2.10 bits per heavy atom. The third-order valence-corrected chi connectivity index (χ3v) is 6.34. The number of nitrogens with zero attached hydrogens (tertiary/aromatic N) is 1. The van der Waals surface area contributed by atoms with Crippen molar-refractivity contribution in [3.63, 3.8) is 0 Å². The first-order valence-corrected chi connectivity index (χ1v) is 8.28. The Kier molecular flexibility index (Phi) is 3.03. The van der Waals surface area contributed by atoms with Crippen molar-refractivity contribution in [2.75, 3.05) is 6.54 Å². The van der Waals surface area contributed by atoms with Crippen LogP contribution in [0.5, 0.6) is 0 Å². The van der Waals surface area contributed by atoms with Gasteiger partial charge in [-0.3, -0.25) is 9.59 Å². The molecule has 0 bridgehead atoms. The molecule has 3 aliphatic heterocycles. The van der Waals surface area contributed by atoms with Crippen LogP contribution in [0.4, 0.5) is 0 Å². The summed E-state index contributed by atoms with van der Waals surface area (Å²) in [7, 11) is 0. The highest BCUT2D eigenvalue weighted by molar-refractivity contribution is 5.78. The zero-order chi connectivity index (χ0) is 14.7. The lowest BCUT2D eigenvalue weighted by Gasteiger charge is -2.48. The van der Waals surface area contributed by atoms with E-state index in [2.05, 4.69) is 6.92 Å². The number of esters is 1. The van der Waals surface area contributed by atoms with E-state index in [9.17, 15) is 14.7 Å². The average molecular weight is 293 g/mol. The van der Waals surface area contributed by atoms with Crippen LogP contribution in [-0.4, -0.2) is 46.7 Å². The van der Waals surface area contributed by atoms with Crippen molar-refractivity contribution in [2.45, 2.75) is 57.3 Å². The van der Waals surface area contributed by atoms with Crippen molar-refractivity contribution in [2.24, 2.45) is 23.7 Å². The van der Waals surface area contributed by atoms with Crippen LogP contribution >= 0.6 is 0 Å². The number of aliphatic hydroxyl groups is 1. The maximum atomic E-state index is 12.3. The van der Waals surface area contributed by atoms with E-state index >= 15 is 0 Å². The summed E-state index contributed by atoms with van der Waals surface area (Å²) in [5.74, 6) is 0.907. The van der Waals surface area contributed by atoms with E-state index in [1.54, 1.807) is 0 Å². The fraction of sp³-hybridized carbons (Fsp3) is 0.875. The summed E-state index contributed by atoms with van der Waals surface area (Å²) < 4.78 is 5.63. The largest absolute Gasteiger partial charge is 0.462 e. The van der Waals surface area contributed by atoms with Gasteiger partial charge in [-0.15, -0.1) is 0 Å². The molecule has 5 nitrogen and oxygen atoms in total. The number of fused-ring (bicyclic) bond motifs is 2. The van der Waals surface area contributed by atoms with Gasteiger partial charge in [0.1, 0.15) is 6.10 Å². The molecule has 1 N–H and O–H groups in total. The van der Waals surface area contributed by atoms with Crippen molar-refractivity contribution in [3.8, 4) is 0 Å². The van der Waals surface area contributed by atoms with E-state index in [-0.39, 0.29) is 41.8 Å². The fourth-order valence-corrected chi connectivity index (χ4v) is 5.58. The molecule has 5 heteroatoms. The first kappa shape index (κ1) is 13.6. The maximum Gasteiger partial charge on any atom is 0.306 e. The lowest BCUT2D eigenvalue weighted by Crippen LogP contribution is -2.56. The van der Waals surface area contributed by atoms with Gasteiger partial charge in [0.2, 0.25) is 5.91 Å². The van der Waals surface area contributed by atoms with Crippen LogP contribution in [0.15, 0.2) is 0 Å². The second-order valence-corrected chi connectivity index (χ2v) is 7.11. The van der Waals surface area contributed by atoms with Gasteiger partial charge in [0, 0.05) is 36.8 Å². The highest BCUT2D eigenvalue weighted by Gasteiger charge is 2.60. The zero-order valence-corrected chi connectivity index (χ0v) is 12.4. The summed E-state index contributed by atoms with van der Waals surface area (Å²) in [6, 6.07) is 0.121. The predicted molar refractivity (Wildman–Crippen MR) is 74.1 cm³/mol. The molecule has 4 rings (SSSR count). The summed E-state index contributed by atoms with van der Waals surface area (Å²) in [5, 5.41) is 10.6. The van der Waals surface area contributed by atoms with Gasteiger partial charge >= 0.3 is 5.97 Å². The topological polar surface area (TPSA) is 66.8 Å². The van der Waals surface area contributed by atoms with Crippen LogP contribution in [0.3, 0.4) is 0 Å². The van der Waals surface area contributed by atoms with E-state index in [1.807, 2.05) is 4.90 Å². The molecule has 3 heterocycles. The van der Waals surface area contributed by atoms with Crippen LogP contribution in [0.2, 0.25) is 0 Å². The Bertz CT molecular complexity index is 479. The van der Waals surface area contributed by atoms with Gasteiger partial charge in [0.25, 0.3) is 0 Å². The summed E-state index contributed by atoms with van der Waals surface area (Å²) in [5.41, 5.74) is 0. The Labute approximate surface area is 124 Å². The smallest absolute Gasteiger partial charge is 0.306 e. The van der Waals surface area contributed by atoms with Crippen LogP contribution < -0.4 is 0 Å². The normalized spacial score (nSPS) is 48.7. The minimum Gasteiger partial charge on any atom is -0.462 e. The minimum absolute atomic E-state index is 0.0449. The Balaban J connectivity index is 1.77. The SMILES string of the molecule is CC[C@H]1[C@H]2OC(=O)C[C@H]2[C@@H]2CCN3C(=O)CC[C@H](O)[C@H]1[C@H]23. The van der Waals surface area contributed by atoms with Gasteiger partial charge in [0.05, 0.1) is 12.5 Å². The maximum absolute atomic E-state index is 12.3. The number of carbonyl (C=O) groups is 2. The highest BCUT2D eigenvalue weighted by atomic mass is 16.6. The molecule has 1 saturated carbocycles. The van der Waals surface area contributed by atoms with E-state index in [4.69, 9.17) is 4.74 Å². The molecule has 0 spiro atoms. The summed E-state index contributed by atoms with van der Waals surface area (Å²) >= 11 is 0. The molecular weight excluding hydrogens is 270 g/mol. The molecule has 0 aromatic carbocycles. The number of rotatable bonds is 1. The molecular formula is C16H23NO4. The molecule has 0 aromatic heterocycles.